The van der Waals surface area contributed by atoms with Gasteiger partial charge in [0.15, 0.2) is 17.6 Å². The van der Waals surface area contributed by atoms with Crippen LogP contribution in [0.25, 0.3) is 5.69 Å². The standard InChI is InChI=1S/C22H20N2O7/c1-4-11-5-7-12(8-6-11)24-20(26)16(19(25)23-22(24)28)17-13-9-10-14(29-2)18(30-3)15(13)21(27)31-17/h5-10,17,26H,4H2,1-3H3,(H,23,25,28)/t17-/m0/s1. The van der Waals surface area contributed by atoms with E-state index in [2.05, 4.69) is 4.98 Å². The molecule has 1 aromatic heterocycles. The van der Waals surface area contributed by atoms with Gasteiger partial charge in [-0.1, -0.05) is 25.1 Å². The van der Waals surface area contributed by atoms with E-state index in [0.29, 0.717) is 17.0 Å². The minimum atomic E-state index is -1.23. The Kier molecular flexibility index (Phi) is 5.02. The summed E-state index contributed by atoms with van der Waals surface area (Å²) in [5.74, 6) is -0.872. The molecule has 2 aromatic carbocycles. The van der Waals surface area contributed by atoms with Crippen molar-refractivity contribution in [1.29, 1.82) is 0 Å². The smallest absolute Gasteiger partial charge is 0.343 e. The number of methoxy groups -OCH3 is 2. The molecule has 1 atom stereocenters. The molecule has 9 nitrogen and oxygen atoms in total. The van der Waals surface area contributed by atoms with Gasteiger partial charge in [0.05, 0.1) is 19.9 Å². The van der Waals surface area contributed by atoms with Gasteiger partial charge < -0.3 is 19.3 Å². The van der Waals surface area contributed by atoms with Crippen LogP contribution in [0.1, 0.15) is 40.1 Å². The van der Waals surface area contributed by atoms with Crippen molar-refractivity contribution in [1.82, 2.24) is 9.55 Å². The van der Waals surface area contributed by atoms with Gasteiger partial charge in [0.2, 0.25) is 5.88 Å². The van der Waals surface area contributed by atoms with Crippen LogP contribution in [0.5, 0.6) is 17.4 Å². The molecule has 31 heavy (non-hydrogen) atoms. The number of aromatic nitrogens is 2. The highest BCUT2D eigenvalue weighted by Gasteiger charge is 2.40. The second-order valence-corrected chi connectivity index (χ2v) is 6.90. The number of cyclic esters (lactones) is 1. The van der Waals surface area contributed by atoms with E-state index >= 15 is 0 Å². The van der Waals surface area contributed by atoms with Crippen LogP contribution in [0, 0.1) is 0 Å². The van der Waals surface area contributed by atoms with E-state index in [1.807, 2.05) is 19.1 Å². The number of hydrogen-bond acceptors (Lipinski definition) is 7. The van der Waals surface area contributed by atoms with Gasteiger partial charge in [-0.3, -0.25) is 9.78 Å². The molecule has 0 fully saturated rings. The van der Waals surface area contributed by atoms with E-state index in [0.717, 1.165) is 16.6 Å². The predicted molar refractivity (Wildman–Crippen MR) is 111 cm³/mol. The number of nitrogens with zero attached hydrogens (tertiary/aromatic N) is 1. The van der Waals surface area contributed by atoms with E-state index < -0.39 is 29.2 Å². The zero-order valence-electron chi connectivity index (χ0n) is 17.1. The molecule has 0 spiro atoms. The van der Waals surface area contributed by atoms with Crippen molar-refractivity contribution < 1.29 is 24.1 Å². The highest BCUT2D eigenvalue weighted by molar-refractivity contribution is 5.98. The summed E-state index contributed by atoms with van der Waals surface area (Å²) >= 11 is 0. The van der Waals surface area contributed by atoms with Crippen molar-refractivity contribution in [3.63, 3.8) is 0 Å². The molecule has 0 aliphatic carbocycles. The van der Waals surface area contributed by atoms with Gasteiger partial charge in [-0.2, -0.15) is 0 Å². The van der Waals surface area contributed by atoms with Crippen LogP contribution in [0.4, 0.5) is 0 Å². The van der Waals surface area contributed by atoms with Crippen LogP contribution >= 0.6 is 0 Å². The van der Waals surface area contributed by atoms with Gasteiger partial charge >= 0.3 is 11.7 Å². The molecule has 1 aliphatic rings. The number of ether oxygens (including phenoxy) is 3. The van der Waals surface area contributed by atoms with Gasteiger partial charge in [0.25, 0.3) is 5.56 Å². The third-order valence-corrected chi connectivity index (χ3v) is 5.28. The topological polar surface area (TPSA) is 120 Å². The zero-order valence-corrected chi connectivity index (χ0v) is 17.1. The molecular weight excluding hydrogens is 404 g/mol. The summed E-state index contributed by atoms with van der Waals surface area (Å²) in [6.45, 7) is 1.99. The molecule has 2 N–H and O–H groups in total. The quantitative estimate of drug-likeness (QED) is 0.602. The van der Waals surface area contributed by atoms with Crippen LogP contribution in [0.3, 0.4) is 0 Å². The van der Waals surface area contributed by atoms with Crippen LogP contribution in [-0.4, -0.2) is 34.8 Å². The van der Waals surface area contributed by atoms with Gasteiger partial charge in [-0.25, -0.2) is 14.2 Å². The lowest BCUT2D eigenvalue weighted by Crippen LogP contribution is -2.32. The Morgan fingerprint density at radius 1 is 1.06 bits per heavy atom. The SMILES string of the molecule is CCc1ccc(-n2c(O)c([C@H]3OC(=O)c4c3ccc(OC)c4OC)c(=O)[nH]c2=O)cc1. The Bertz CT molecular complexity index is 1290. The van der Waals surface area contributed by atoms with Crippen LogP contribution in [0.2, 0.25) is 0 Å². The number of nitrogens with one attached hydrogen (secondary N) is 1. The van der Waals surface area contributed by atoms with E-state index in [1.165, 1.54) is 14.2 Å². The van der Waals surface area contributed by atoms with Gasteiger partial charge in [0.1, 0.15) is 11.1 Å². The first-order valence-corrected chi connectivity index (χ1v) is 9.54. The first-order chi connectivity index (χ1) is 14.9. The van der Waals surface area contributed by atoms with Crippen molar-refractivity contribution in [3.05, 3.63) is 79.5 Å². The summed E-state index contributed by atoms with van der Waals surface area (Å²) in [5.41, 5.74) is -0.129. The fourth-order valence-electron chi connectivity index (χ4n) is 3.71. The molecule has 0 saturated carbocycles. The Morgan fingerprint density at radius 3 is 2.39 bits per heavy atom. The number of fused-ring (bicyclic) bond motifs is 1. The number of rotatable bonds is 5. The molecule has 1 aliphatic heterocycles. The lowest BCUT2D eigenvalue weighted by Gasteiger charge is -2.16. The van der Waals surface area contributed by atoms with Crippen molar-refractivity contribution >= 4 is 5.97 Å². The highest BCUT2D eigenvalue weighted by Crippen LogP contribution is 2.45. The Balaban J connectivity index is 1.92. The lowest BCUT2D eigenvalue weighted by atomic mass is 9.99. The van der Waals surface area contributed by atoms with E-state index in [-0.39, 0.29) is 16.9 Å². The first kappa shape index (κ1) is 20.3. The van der Waals surface area contributed by atoms with Gasteiger partial charge in [0, 0.05) is 5.56 Å². The number of H-pyrrole nitrogens is 1. The minimum absolute atomic E-state index is 0.0932. The summed E-state index contributed by atoms with van der Waals surface area (Å²) in [5, 5.41) is 10.9. The average Bonchev–Trinajstić information content (AvgIpc) is 3.09. The molecule has 2 heterocycles. The number of carbonyl (C=O) groups excluding carboxylic acids is 1. The number of benzene rings is 2. The second kappa shape index (κ2) is 7.67. The van der Waals surface area contributed by atoms with Crippen LogP contribution in [-0.2, 0) is 11.2 Å². The molecule has 4 rings (SSSR count). The third-order valence-electron chi connectivity index (χ3n) is 5.28. The van der Waals surface area contributed by atoms with Crippen LogP contribution < -0.4 is 20.7 Å². The largest absolute Gasteiger partial charge is 0.494 e. The number of esters is 1. The summed E-state index contributed by atoms with van der Waals surface area (Å²) < 4.78 is 16.9. The maximum atomic E-state index is 12.6. The van der Waals surface area contributed by atoms with Crippen molar-refractivity contribution in [2.75, 3.05) is 14.2 Å². The number of aromatic amines is 1. The van der Waals surface area contributed by atoms with Crippen molar-refractivity contribution in [3.8, 4) is 23.1 Å². The highest BCUT2D eigenvalue weighted by atomic mass is 16.6. The Hall–Kier alpha value is -4.01. The second-order valence-electron chi connectivity index (χ2n) is 6.90. The first-order valence-electron chi connectivity index (χ1n) is 9.54. The summed E-state index contributed by atoms with van der Waals surface area (Å²) in [7, 11) is 2.81. The predicted octanol–water partition coefficient (Wildman–Crippen LogP) is 2.07. The number of aryl methyl sites for hydroxylation is 1. The third kappa shape index (κ3) is 3.14. The van der Waals surface area contributed by atoms with E-state index in [9.17, 15) is 19.5 Å². The fourth-order valence-corrected chi connectivity index (χ4v) is 3.71. The molecule has 0 saturated heterocycles. The summed E-state index contributed by atoms with van der Waals surface area (Å²) in [4.78, 5) is 39.9. The number of aromatic hydroxyl groups is 1. The van der Waals surface area contributed by atoms with Crippen molar-refractivity contribution in [2.45, 2.75) is 19.4 Å². The summed E-state index contributed by atoms with van der Waals surface area (Å²) in [6, 6.07) is 10.1. The monoisotopic (exact) mass is 424 g/mol. The lowest BCUT2D eigenvalue weighted by molar-refractivity contribution is 0.0447. The van der Waals surface area contributed by atoms with E-state index in [4.69, 9.17) is 14.2 Å². The maximum Gasteiger partial charge on any atom is 0.343 e. The average molecular weight is 424 g/mol. The molecule has 0 unspecified atom stereocenters. The van der Waals surface area contributed by atoms with Gasteiger partial charge in [-0.15, -0.1) is 0 Å². The fraction of sp³-hybridized carbons (Fsp3) is 0.227. The van der Waals surface area contributed by atoms with Crippen LogP contribution in [0.15, 0.2) is 46.0 Å². The summed E-state index contributed by atoms with van der Waals surface area (Å²) in [6.07, 6.45) is -0.425. The number of carbonyl (C=O) groups is 1. The maximum absolute atomic E-state index is 12.6. The minimum Gasteiger partial charge on any atom is -0.494 e. The molecule has 9 heteroatoms. The van der Waals surface area contributed by atoms with Gasteiger partial charge in [-0.05, 0) is 30.2 Å². The normalized spacial score (nSPS) is 14.8. The number of hydrogen-bond donors (Lipinski definition) is 2. The molecule has 3 aromatic rings. The Morgan fingerprint density at radius 2 is 1.77 bits per heavy atom. The Labute approximate surface area is 176 Å². The molecule has 0 radical (unpaired) electrons. The molecule has 0 amide bonds. The zero-order chi connectivity index (χ0) is 22.3. The molecule has 160 valence electrons. The molecular formula is C22H20N2O7. The van der Waals surface area contributed by atoms with Crippen molar-refractivity contribution in [2.24, 2.45) is 0 Å². The van der Waals surface area contributed by atoms with E-state index in [1.54, 1.807) is 24.3 Å². The molecule has 0 bridgehead atoms.